The Morgan fingerprint density at radius 2 is 2.19 bits per heavy atom. The molecule has 26 heavy (non-hydrogen) atoms. The lowest BCUT2D eigenvalue weighted by atomic mass is 10.2. The molecule has 2 aromatic carbocycles. The standard InChI is InChI=1S/C16H11ClN4O4S/c17-12-6-5-11(21(23)24)7-10(12)8-18-20-15(22)9-26-16-19-13-3-1-2-4-14(13)25-16/h1-8H,9H2,(H,20,22). The zero-order chi connectivity index (χ0) is 18.5. The van der Waals surface area contributed by atoms with Crippen molar-refractivity contribution in [1.82, 2.24) is 10.4 Å². The fraction of sp³-hybridized carbons (Fsp3) is 0.0625. The van der Waals surface area contributed by atoms with Crippen LogP contribution in [0.15, 0.2) is 57.2 Å². The molecule has 8 nitrogen and oxygen atoms in total. The van der Waals surface area contributed by atoms with Crippen LogP contribution >= 0.6 is 23.4 Å². The van der Waals surface area contributed by atoms with E-state index in [1.807, 2.05) is 18.2 Å². The third-order valence-corrected chi connectivity index (χ3v) is 4.36. The molecule has 0 bridgehead atoms. The molecule has 3 rings (SSSR count). The molecule has 0 spiro atoms. The molecule has 0 unspecified atom stereocenters. The van der Waals surface area contributed by atoms with Crippen LogP contribution in [0.25, 0.3) is 11.1 Å². The van der Waals surface area contributed by atoms with Crippen LogP contribution in [0.2, 0.25) is 5.02 Å². The minimum Gasteiger partial charge on any atom is -0.431 e. The first-order valence-corrected chi connectivity index (χ1v) is 8.63. The zero-order valence-corrected chi connectivity index (χ0v) is 14.7. The quantitative estimate of drug-likeness (QED) is 0.298. The third-order valence-electron chi connectivity index (χ3n) is 3.18. The number of amides is 1. The van der Waals surface area contributed by atoms with Gasteiger partial charge in [0.05, 0.1) is 16.9 Å². The number of para-hydroxylation sites is 2. The number of non-ortho nitro benzene ring substituents is 1. The molecular weight excluding hydrogens is 380 g/mol. The van der Waals surface area contributed by atoms with Crippen molar-refractivity contribution in [2.24, 2.45) is 5.10 Å². The van der Waals surface area contributed by atoms with Crippen molar-refractivity contribution in [3.8, 4) is 0 Å². The van der Waals surface area contributed by atoms with E-state index in [2.05, 4.69) is 15.5 Å². The van der Waals surface area contributed by atoms with Gasteiger partial charge in [0.1, 0.15) is 5.52 Å². The Morgan fingerprint density at radius 1 is 1.38 bits per heavy atom. The van der Waals surface area contributed by atoms with E-state index in [1.54, 1.807) is 6.07 Å². The minimum atomic E-state index is -0.538. The minimum absolute atomic E-state index is 0.0484. The summed E-state index contributed by atoms with van der Waals surface area (Å²) in [6.07, 6.45) is 1.25. The zero-order valence-electron chi connectivity index (χ0n) is 13.1. The van der Waals surface area contributed by atoms with E-state index in [-0.39, 0.29) is 22.4 Å². The lowest BCUT2D eigenvalue weighted by Gasteiger charge is -1.99. The average molecular weight is 391 g/mol. The Morgan fingerprint density at radius 3 is 2.96 bits per heavy atom. The van der Waals surface area contributed by atoms with E-state index in [0.29, 0.717) is 21.9 Å². The molecule has 10 heteroatoms. The molecule has 0 aliphatic heterocycles. The number of nitrogens with zero attached hydrogens (tertiary/aromatic N) is 3. The molecule has 0 saturated carbocycles. The monoisotopic (exact) mass is 390 g/mol. The van der Waals surface area contributed by atoms with Gasteiger partial charge in [-0.2, -0.15) is 5.10 Å². The number of fused-ring (bicyclic) bond motifs is 1. The average Bonchev–Trinajstić information content (AvgIpc) is 3.04. The van der Waals surface area contributed by atoms with Crippen LogP contribution < -0.4 is 5.43 Å². The second-order valence-corrected chi connectivity index (χ2v) is 6.33. The highest BCUT2D eigenvalue weighted by molar-refractivity contribution is 7.99. The van der Waals surface area contributed by atoms with Crippen LogP contribution in [0.5, 0.6) is 0 Å². The van der Waals surface area contributed by atoms with Gasteiger partial charge in [0.25, 0.3) is 16.8 Å². The lowest BCUT2D eigenvalue weighted by molar-refractivity contribution is -0.384. The van der Waals surface area contributed by atoms with E-state index < -0.39 is 4.92 Å². The number of thioether (sulfide) groups is 1. The Kier molecular flexibility index (Phi) is 5.49. The van der Waals surface area contributed by atoms with Gasteiger partial charge in [0, 0.05) is 22.7 Å². The normalized spacial score (nSPS) is 11.1. The van der Waals surface area contributed by atoms with Gasteiger partial charge in [-0.3, -0.25) is 14.9 Å². The topological polar surface area (TPSA) is 111 Å². The van der Waals surface area contributed by atoms with Crippen molar-refractivity contribution in [3.63, 3.8) is 0 Å². The van der Waals surface area contributed by atoms with Crippen LogP contribution in [0, 0.1) is 10.1 Å². The van der Waals surface area contributed by atoms with Crippen LogP contribution in [0.3, 0.4) is 0 Å². The molecule has 0 atom stereocenters. The number of carbonyl (C=O) groups excluding carboxylic acids is 1. The predicted octanol–water partition coefficient (Wildman–Crippen LogP) is 3.63. The van der Waals surface area contributed by atoms with Gasteiger partial charge in [0.15, 0.2) is 5.58 Å². The second kappa shape index (κ2) is 7.98. The summed E-state index contributed by atoms with van der Waals surface area (Å²) in [4.78, 5) is 26.3. The summed E-state index contributed by atoms with van der Waals surface area (Å²) in [5.41, 5.74) is 3.90. The number of rotatable bonds is 6. The number of halogens is 1. The Bertz CT molecular complexity index is 972. The highest BCUT2D eigenvalue weighted by Gasteiger charge is 2.10. The number of hydrazone groups is 1. The maximum atomic E-state index is 11.8. The van der Waals surface area contributed by atoms with Gasteiger partial charge in [-0.25, -0.2) is 10.4 Å². The second-order valence-electron chi connectivity index (χ2n) is 4.99. The first kappa shape index (κ1) is 17.9. The van der Waals surface area contributed by atoms with Crippen molar-refractivity contribution >= 4 is 52.3 Å². The van der Waals surface area contributed by atoms with Crippen LogP contribution in [0.1, 0.15) is 5.56 Å². The highest BCUT2D eigenvalue weighted by atomic mass is 35.5. The SMILES string of the molecule is O=C(CSc1nc2ccccc2o1)NN=Cc1cc([N+](=O)[O-])ccc1Cl. The number of oxazole rings is 1. The summed E-state index contributed by atoms with van der Waals surface area (Å²) >= 11 is 7.08. The first-order chi connectivity index (χ1) is 12.5. The largest absolute Gasteiger partial charge is 0.431 e. The lowest BCUT2D eigenvalue weighted by Crippen LogP contribution is -2.19. The number of nitro groups is 1. The van der Waals surface area contributed by atoms with Crippen molar-refractivity contribution < 1.29 is 14.1 Å². The van der Waals surface area contributed by atoms with Gasteiger partial charge in [0.2, 0.25) is 0 Å². The van der Waals surface area contributed by atoms with Crippen LogP contribution in [0.4, 0.5) is 5.69 Å². The van der Waals surface area contributed by atoms with E-state index in [1.165, 1.54) is 24.4 Å². The summed E-state index contributed by atoms with van der Waals surface area (Å²) in [5, 5.41) is 15.2. The molecule has 0 radical (unpaired) electrons. The van der Waals surface area contributed by atoms with Crippen molar-refractivity contribution in [3.05, 3.63) is 63.2 Å². The predicted molar refractivity (Wildman–Crippen MR) is 98.6 cm³/mol. The van der Waals surface area contributed by atoms with Gasteiger partial charge in [-0.1, -0.05) is 35.5 Å². The summed E-state index contributed by atoms with van der Waals surface area (Å²) < 4.78 is 5.50. The number of hydrogen-bond acceptors (Lipinski definition) is 7. The van der Waals surface area contributed by atoms with E-state index in [9.17, 15) is 14.9 Å². The molecule has 1 N–H and O–H groups in total. The molecule has 0 aliphatic carbocycles. The molecule has 1 amide bonds. The van der Waals surface area contributed by atoms with Gasteiger partial charge >= 0.3 is 0 Å². The van der Waals surface area contributed by atoms with Gasteiger partial charge in [-0.15, -0.1) is 0 Å². The Labute approximate surface area is 156 Å². The summed E-state index contributed by atoms with van der Waals surface area (Å²) in [5.74, 6) is -0.331. The maximum Gasteiger partial charge on any atom is 0.270 e. The molecule has 132 valence electrons. The Balaban J connectivity index is 1.56. The molecule has 1 heterocycles. The van der Waals surface area contributed by atoms with Gasteiger partial charge < -0.3 is 4.42 Å². The summed E-state index contributed by atoms with van der Waals surface area (Å²) in [6, 6.07) is 11.2. The highest BCUT2D eigenvalue weighted by Crippen LogP contribution is 2.23. The smallest absolute Gasteiger partial charge is 0.270 e. The van der Waals surface area contributed by atoms with E-state index in [4.69, 9.17) is 16.0 Å². The third kappa shape index (κ3) is 4.38. The van der Waals surface area contributed by atoms with Crippen molar-refractivity contribution in [2.75, 3.05) is 5.75 Å². The molecule has 1 aromatic heterocycles. The maximum absolute atomic E-state index is 11.8. The number of hydrogen-bond donors (Lipinski definition) is 1. The number of aromatic nitrogens is 1. The van der Waals surface area contributed by atoms with Crippen LogP contribution in [-0.2, 0) is 4.79 Å². The molecule has 0 fully saturated rings. The van der Waals surface area contributed by atoms with Crippen molar-refractivity contribution in [2.45, 2.75) is 5.22 Å². The van der Waals surface area contributed by atoms with Crippen LogP contribution in [-0.4, -0.2) is 27.8 Å². The van der Waals surface area contributed by atoms with E-state index >= 15 is 0 Å². The Hall–Kier alpha value is -2.91. The van der Waals surface area contributed by atoms with E-state index in [0.717, 1.165) is 11.8 Å². The number of carbonyl (C=O) groups is 1. The number of nitro benzene ring substituents is 1. The molecular formula is C16H11ClN4O4S. The first-order valence-electron chi connectivity index (χ1n) is 7.27. The molecule has 3 aromatic rings. The fourth-order valence-corrected chi connectivity index (χ4v) is 2.79. The van der Waals surface area contributed by atoms with Gasteiger partial charge in [-0.05, 0) is 18.2 Å². The number of benzene rings is 2. The summed E-state index contributed by atoms with van der Waals surface area (Å²) in [7, 11) is 0. The molecule has 0 saturated heterocycles. The van der Waals surface area contributed by atoms with Crippen molar-refractivity contribution in [1.29, 1.82) is 0 Å². The summed E-state index contributed by atoms with van der Waals surface area (Å²) in [6.45, 7) is 0. The molecule has 0 aliphatic rings. The number of nitrogens with one attached hydrogen (secondary N) is 1. The fourth-order valence-electron chi connectivity index (χ4n) is 1.99.